The van der Waals surface area contributed by atoms with Gasteiger partial charge in [-0.1, -0.05) is 6.92 Å². The van der Waals surface area contributed by atoms with E-state index < -0.39 is 4.92 Å². The zero-order valence-electron chi connectivity index (χ0n) is 12.5. The van der Waals surface area contributed by atoms with Crippen LogP contribution in [0.15, 0.2) is 18.2 Å². The molecule has 0 heterocycles. The number of ether oxygens (including phenoxy) is 2. The fourth-order valence-corrected chi connectivity index (χ4v) is 1.57. The summed E-state index contributed by atoms with van der Waals surface area (Å²) in [6.07, 6.45) is 0. The lowest BCUT2D eigenvalue weighted by molar-refractivity contribution is -0.385. The molecule has 1 rings (SSSR count). The highest BCUT2D eigenvalue weighted by Gasteiger charge is 2.15. The molecule has 0 unspecified atom stereocenters. The topological polar surface area (TPSA) is 103 Å². The lowest BCUT2D eigenvalue weighted by Crippen LogP contribution is -2.34. The fraction of sp³-hybridized carbons (Fsp3) is 0.462. The van der Waals surface area contributed by atoms with E-state index in [1.807, 2.05) is 6.92 Å². The van der Waals surface area contributed by atoms with Crippen LogP contribution in [0.25, 0.3) is 0 Å². The highest BCUT2D eigenvalue weighted by atomic mass is 35.5. The zero-order chi connectivity index (χ0) is 15.7. The normalized spacial score (nSPS) is 9.55. The van der Waals surface area contributed by atoms with Gasteiger partial charge in [-0.05, 0) is 12.6 Å². The first-order chi connectivity index (χ1) is 10.1. The van der Waals surface area contributed by atoms with Gasteiger partial charge in [0.25, 0.3) is 5.91 Å². The number of hydrogen-bond acceptors (Lipinski definition) is 6. The summed E-state index contributed by atoms with van der Waals surface area (Å²) in [5.41, 5.74) is -0.153. The van der Waals surface area contributed by atoms with Crippen molar-refractivity contribution in [2.24, 2.45) is 0 Å². The summed E-state index contributed by atoms with van der Waals surface area (Å²) in [7, 11) is 1.33. The molecule has 0 spiro atoms. The predicted molar refractivity (Wildman–Crippen MR) is 83.9 cm³/mol. The molecule has 1 aromatic rings. The van der Waals surface area contributed by atoms with Gasteiger partial charge < -0.3 is 20.1 Å². The van der Waals surface area contributed by atoms with Crippen LogP contribution in [-0.4, -0.2) is 44.2 Å². The van der Waals surface area contributed by atoms with Crippen molar-refractivity contribution in [2.45, 2.75) is 6.92 Å². The van der Waals surface area contributed by atoms with Crippen LogP contribution in [0.1, 0.15) is 6.92 Å². The number of carbonyl (C=O) groups is 1. The average molecular weight is 334 g/mol. The molecule has 0 bridgehead atoms. The molecule has 0 aromatic heterocycles. The first-order valence-corrected chi connectivity index (χ1v) is 6.51. The third-order valence-corrected chi connectivity index (χ3v) is 2.59. The number of nitrogens with one attached hydrogen (secondary N) is 2. The predicted octanol–water partition coefficient (Wildman–Crippen LogP) is 1.13. The van der Waals surface area contributed by atoms with Gasteiger partial charge in [-0.25, -0.2) is 0 Å². The molecule has 0 aliphatic rings. The second-order valence-electron chi connectivity index (χ2n) is 4.08. The van der Waals surface area contributed by atoms with Crippen LogP contribution in [0, 0.1) is 10.1 Å². The molecule has 1 aromatic carbocycles. The largest absolute Gasteiger partial charge is 0.490 e. The Morgan fingerprint density at radius 2 is 2.09 bits per heavy atom. The lowest BCUT2D eigenvalue weighted by Gasteiger charge is -2.09. The summed E-state index contributed by atoms with van der Waals surface area (Å²) in [6, 6.07) is 4.08. The van der Waals surface area contributed by atoms with Crippen LogP contribution in [-0.2, 0) is 4.79 Å². The van der Waals surface area contributed by atoms with Crippen LogP contribution in [0.4, 0.5) is 5.69 Å². The molecule has 0 fully saturated rings. The van der Waals surface area contributed by atoms with Crippen LogP contribution >= 0.6 is 12.4 Å². The van der Waals surface area contributed by atoms with Gasteiger partial charge in [0.2, 0.25) is 5.75 Å². The Morgan fingerprint density at radius 1 is 1.36 bits per heavy atom. The Hall–Kier alpha value is -2.06. The molecule has 0 saturated carbocycles. The second kappa shape index (κ2) is 10.6. The number of nitrogens with zero attached hydrogens (tertiary/aromatic N) is 1. The third kappa shape index (κ3) is 6.59. The van der Waals surface area contributed by atoms with E-state index in [9.17, 15) is 14.9 Å². The summed E-state index contributed by atoms with van der Waals surface area (Å²) >= 11 is 0. The van der Waals surface area contributed by atoms with Crippen molar-refractivity contribution < 1.29 is 19.2 Å². The molecular formula is C13H20ClN3O5. The third-order valence-electron chi connectivity index (χ3n) is 2.59. The number of nitro groups is 1. The monoisotopic (exact) mass is 333 g/mol. The van der Waals surface area contributed by atoms with Gasteiger partial charge in [-0.15, -0.1) is 12.4 Å². The van der Waals surface area contributed by atoms with Gasteiger partial charge in [0, 0.05) is 25.2 Å². The van der Waals surface area contributed by atoms with E-state index in [4.69, 9.17) is 9.47 Å². The van der Waals surface area contributed by atoms with Crippen LogP contribution in [0.3, 0.4) is 0 Å². The van der Waals surface area contributed by atoms with Crippen molar-refractivity contribution in [1.82, 2.24) is 10.6 Å². The summed E-state index contributed by atoms with van der Waals surface area (Å²) in [6.45, 7) is 3.86. The van der Waals surface area contributed by atoms with E-state index in [1.54, 1.807) is 0 Å². The summed E-state index contributed by atoms with van der Waals surface area (Å²) in [5, 5.41) is 16.5. The van der Waals surface area contributed by atoms with Crippen molar-refractivity contribution in [3.8, 4) is 11.5 Å². The maximum atomic E-state index is 11.5. The van der Waals surface area contributed by atoms with E-state index in [-0.39, 0.29) is 36.4 Å². The number of carbonyl (C=O) groups excluding carboxylic acids is 1. The number of benzene rings is 1. The van der Waals surface area contributed by atoms with E-state index in [0.717, 1.165) is 6.54 Å². The first-order valence-electron chi connectivity index (χ1n) is 6.51. The van der Waals surface area contributed by atoms with Gasteiger partial charge in [0.1, 0.15) is 5.75 Å². The van der Waals surface area contributed by atoms with Crippen molar-refractivity contribution in [1.29, 1.82) is 0 Å². The van der Waals surface area contributed by atoms with E-state index in [0.29, 0.717) is 18.8 Å². The number of halogens is 1. The Morgan fingerprint density at radius 3 is 2.68 bits per heavy atom. The number of rotatable bonds is 9. The number of nitro benzene ring substituents is 1. The van der Waals surface area contributed by atoms with Crippen LogP contribution < -0.4 is 20.1 Å². The molecule has 1 amide bonds. The number of hydrogen-bond donors (Lipinski definition) is 2. The molecule has 0 aliphatic carbocycles. The molecule has 0 saturated heterocycles. The molecule has 9 heteroatoms. The maximum absolute atomic E-state index is 11.5. The molecule has 0 atom stereocenters. The molecular weight excluding hydrogens is 314 g/mol. The van der Waals surface area contributed by atoms with Gasteiger partial charge in [-0.3, -0.25) is 14.9 Å². The maximum Gasteiger partial charge on any atom is 0.311 e. The Bertz CT molecular complexity index is 499. The molecule has 22 heavy (non-hydrogen) atoms. The zero-order valence-corrected chi connectivity index (χ0v) is 13.3. The summed E-state index contributed by atoms with van der Waals surface area (Å²) in [4.78, 5) is 21.7. The van der Waals surface area contributed by atoms with E-state index in [1.165, 1.54) is 25.3 Å². The van der Waals surface area contributed by atoms with Crippen molar-refractivity contribution in [3.05, 3.63) is 28.3 Å². The van der Waals surface area contributed by atoms with Crippen molar-refractivity contribution >= 4 is 24.0 Å². The molecule has 0 aliphatic heterocycles. The molecule has 8 nitrogen and oxygen atoms in total. The van der Waals surface area contributed by atoms with Crippen molar-refractivity contribution in [3.63, 3.8) is 0 Å². The van der Waals surface area contributed by atoms with E-state index in [2.05, 4.69) is 10.6 Å². The minimum Gasteiger partial charge on any atom is -0.490 e. The molecule has 0 radical (unpaired) electrons. The van der Waals surface area contributed by atoms with Gasteiger partial charge in [0.15, 0.2) is 6.61 Å². The van der Waals surface area contributed by atoms with Gasteiger partial charge in [0.05, 0.1) is 12.0 Å². The lowest BCUT2D eigenvalue weighted by atomic mass is 10.3. The summed E-state index contributed by atoms with van der Waals surface area (Å²) < 4.78 is 10.2. The number of likely N-dealkylation sites (N-methyl/N-ethyl adjacent to an activating group) is 1. The Balaban J connectivity index is 0.00000441. The summed E-state index contributed by atoms with van der Waals surface area (Å²) in [5.74, 6) is 0.162. The van der Waals surface area contributed by atoms with E-state index >= 15 is 0 Å². The highest BCUT2D eigenvalue weighted by Crippen LogP contribution is 2.30. The molecule has 2 N–H and O–H groups in total. The van der Waals surface area contributed by atoms with Gasteiger partial charge in [-0.2, -0.15) is 0 Å². The smallest absolute Gasteiger partial charge is 0.311 e. The number of methoxy groups -OCH3 is 1. The molecule has 124 valence electrons. The number of amides is 1. The standard InChI is InChI=1S/C13H19N3O5.ClH/c1-3-14-6-7-15-13(17)9-21-10-4-5-11(16(18)19)12(8-10)20-2;/h4-5,8,14H,3,6-7,9H2,1-2H3,(H,15,17);1H. The quantitative estimate of drug-likeness (QED) is 0.399. The Labute approximate surface area is 134 Å². The van der Waals surface area contributed by atoms with Crippen LogP contribution in [0.2, 0.25) is 0 Å². The average Bonchev–Trinajstić information content (AvgIpc) is 2.49. The van der Waals surface area contributed by atoms with Crippen molar-refractivity contribution in [2.75, 3.05) is 33.4 Å². The second-order valence-corrected chi connectivity index (χ2v) is 4.08. The van der Waals surface area contributed by atoms with Crippen LogP contribution in [0.5, 0.6) is 11.5 Å². The fourth-order valence-electron chi connectivity index (χ4n) is 1.57. The minimum absolute atomic E-state index is 0. The SMILES string of the molecule is CCNCCNC(=O)COc1ccc([N+](=O)[O-])c(OC)c1.Cl. The first kappa shape index (κ1) is 19.9. The minimum atomic E-state index is -0.546. The Kier molecular flexibility index (Phi) is 9.64. The highest BCUT2D eigenvalue weighted by molar-refractivity contribution is 5.85. The van der Waals surface area contributed by atoms with Gasteiger partial charge >= 0.3 is 5.69 Å².